The first-order valence-corrected chi connectivity index (χ1v) is 6.86. The van der Waals surface area contributed by atoms with Crippen molar-refractivity contribution in [2.75, 3.05) is 20.1 Å². The first kappa shape index (κ1) is 12.8. The Bertz CT molecular complexity index is 270. The molecule has 0 spiro atoms. The number of carbonyl (C=O) groups is 1. The fraction of sp³-hybridized carbons (Fsp3) is 0.923. The zero-order chi connectivity index (χ0) is 12.3. The third-order valence-corrected chi connectivity index (χ3v) is 4.48. The summed E-state index contributed by atoms with van der Waals surface area (Å²) in [7, 11) is 1.73. The van der Waals surface area contributed by atoms with Crippen LogP contribution in [-0.4, -0.2) is 48.2 Å². The molecule has 2 N–H and O–H groups in total. The van der Waals surface area contributed by atoms with Gasteiger partial charge in [-0.1, -0.05) is 12.8 Å². The van der Waals surface area contributed by atoms with Crippen LogP contribution in [-0.2, 0) is 4.79 Å². The van der Waals surface area contributed by atoms with Crippen LogP contribution in [0.1, 0.15) is 38.5 Å². The number of likely N-dealkylation sites (tertiary alicyclic amines) is 1. The van der Waals surface area contributed by atoms with E-state index in [4.69, 9.17) is 5.11 Å². The summed E-state index contributed by atoms with van der Waals surface area (Å²) in [5.41, 5.74) is 0. The highest BCUT2D eigenvalue weighted by atomic mass is 16.4. The molecule has 1 aliphatic carbocycles. The molecule has 1 heterocycles. The molecule has 1 saturated carbocycles. The number of carboxylic acid groups (broad SMARTS) is 1. The molecule has 3 unspecified atom stereocenters. The Morgan fingerprint density at radius 3 is 2.88 bits per heavy atom. The average Bonchev–Trinajstić information content (AvgIpc) is 2.73. The summed E-state index contributed by atoms with van der Waals surface area (Å²) in [4.78, 5) is 13.5. The zero-order valence-corrected chi connectivity index (χ0v) is 10.7. The summed E-state index contributed by atoms with van der Waals surface area (Å²) in [6, 6.07) is 0.354. The van der Waals surface area contributed by atoms with Gasteiger partial charge in [0, 0.05) is 12.6 Å². The summed E-state index contributed by atoms with van der Waals surface area (Å²) in [5, 5.41) is 11.9. The Labute approximate surface area is 103 Å². The summed E-state index contributed by atoms with van der Waals surface area (Å²) in [5.74, 6) is 0.161. The van der Waals surface area contributed by atoms with Crippen molar-refractivity contribution >= 4 is 5.97 Å². The van der Waals surface area contributed by atoms with E-state index in [0.29, 0.717) is 0 Å². The number of carboxylic acids is 1. The molecule has 17 heavy (non-hydrogen) atoms. The molecular formula is C13H24N2O2. The molecule has 0 aromatic carbocycles. The van der Waals surface area contributed by atoms with E-state index >= 15 is 0 Å². The van der Waals surface area contributed by atoms with Crippen molar-refractivity contribution in [1.82, 2.24) is 10.2 Å². The number of hydrogen-bond acceptors (Lipinski definition) is 3. The number of fused-ring (bicyclic) bond motifs is 1. The largest absolute Gasteiger partial charge is 0.480 e. The van der Waals surface area contributed by atoms with Crippen molar-refractivity contribution in [3.63, 3.8) is 0 Å². The van der Waals surface area contributed by atoms with Crippen LogP contribution < -0.4 is 5.32 Å². The van der Waals surface area contributed by atoms with Crippen LogP contribution >= 0.6 is 0 Å². The van der Waals surface area contributed by atoms with E-state index in [1.807, 2.05) is 0 Å². The van der Waals surface area contributed by atoms with Gasteiger partial charge < -0.3 is 15.3 Å². The van der Waals surface area contributed by atoms with Gasteiger partial charge in [0.2, 0.25) is 0 Å². The van der Waals surface area contributed by atoms with Crippen LogP contribution in [0.15, 0.2) is 0 Å². The van der Waals surface area contributed by atoms with Gasteiger partial charge in [-0.15, -0.1) is 0 Å². The molecule has 0 radical (unpaired) electrons. The first-order valence-electron chi connectivity index (χ1n) is 6.86. The summed E-state index contributed by atoms with van der Waals surface area (Å²) in [6.07, 6.45) is 7.49. The van der Waals surface area contributed by atoms with Crippen molar-refractivity contribution in [2.45, 2.75) is 50.6 Å². The first-order chi connectivity index (χ1) is 8.22. The van der Waals surface area contributed by atoms with Crippen LogP contribution in [0.5, 0.6) is 0 Å². The molecule has 2 fully saturated rings. The molecule has 4 nitrogen and oxygen atoms in total. The Hall–Kier alpha value is -0.610. The molecule has 2 aliphatic rings. The zero-order valence-electron chi connectivity index (χ0n) is 10.7. The lowest BCUT2D eigenvalue weighted by Gasteiger charge is -2.32. The highest BCUT2D eigenvalue weighted by molar-refractivity contribution is 5.73. The smallest absolute Gasteiger partial charge is 0.320 e. The Balaban J connectivity index is 1.81. The van der Waals surface area contributed by atoms with E-state index in [2.05, 4.69) is 10.2 Å². The topological polar surface area (TPSA) is 52.6 Å². The molecule has 2 rings (SSSR count). The fourth-order valence-electron chi connectivity index (χ4n) is 3.47. The maximum atomic E-state index is 10.9. The van der Waals surface area contributed by atoms with Gasteiger partial charge in [0.15, 0.2) is 0 Å². The van der Waals surface area contributed by atoms with Gasteiger partial charge in [-0.3, -0.25) is 4.79 Å². The molecule has 4 heteroatoms. The minimum Gasteiger partial charge on any atom is -0.480 e. The maximum Gasteiger partial charge on any atom is 0.320 e. The number of nitrogens with zero attached hydrogens (tertiary/aromatic N) is 1. The van der Waals surface area contributed by atoms with Gasteiger partial charge >= 0.3 is 5.97 Å². The third-order valence-electron chi connectivity index (χ3n) is 4.48. The minimum absolute atomic E-state index is 0.391. The Morgan fingerprint density at radius 1 is 1.41 bits per heavy atom. The molecule has 0 aromatic heterocycles. The minimum atomic E-state index is -0.730. The highest BCUT2D eigenvalue weighted by Gasteiger charge is 2.35. The standard InChI is InChI=1S/C13H24N2O2/c1-14-11(13(16)17)7-9-15-8-6-10-4-2-3-5-12(10)15/h10-12,14H,2-9H2,1H3,(H,16,17). The third kappa shape index (κ3) is 2.99. The van der Waals surface area contributed by atoms with Crippen molar-refractivity contribution in [2.24, 2.45) is 5.92 Å². The van der Waals surface area contributed by atoms with Crippen molar-refractivity contribution in [1.29, 1.82) is 0 Å². The van der Waals surface area contributed by atoms with Crippen LogP contribution in [0.4, 0.5) is 0 Å². The van der Waals surface area contributed by atoms with E-state index in [9.17, 15) is 4.79 Å². The molecule has 0 aromatic rings. The summed E-state index contributed by atoms with van der Waals surface area (Å²) < 4.78 is 0. The van der Waals surface area contributed by atoms with E-state index < -0.39 is 12.0 Å². The van der Waals surface area contributed by atoms with Crippen LogP contribution in [0, 0.1) is 5.92 Å². The predicted molar refractivity (Wildman–Crippen MR) is 67.0 cm³/mol. The van der Waals surface area contributed by atoms with Gasteiger partial charge in [0.25, 0.3) is 0 Å². The Morgan fingerprint density at radius 2 is 2.18 bits per heavy atom. The Kier molecular flexibility index (Phi) is 4.40. The molecule has 98 valence electrons. The summed E-state index contributed by atoms with van der Waals surface area (Å²) >= 11 is 0. The second-order valence-electron chi connectivity index (χ2n) is 5.40. The lowest BCUT2D eigenvalue weighted by atomic mass is 9.85. The van der Waals surface area contributed by atoms with Crippen LogP contribution in [0.25, 0.3) is 0 Å². The quantitative estimate of drug-likeness (QED) is 0.761. The maximum absolute atomic E-state index is 10.9. The number of rotatable bonds is 5. The predicted octanol–water partition coefficient (Wildman–Crippen LogP) is 1.31. The lowest BCUT2D eigenvalue weighted by Crippen LogP contribution is -2.40. The second kappa shape index (κ2) is 5.83. The number of likely N-dealkylation sites (N-methyl/N-ethyl adjacent to an activating group) is 1. The average molecular weight is 240 g/mol. The molecular weight excluding hydrogens is 216 g/mol. The van der Waals surface area contributed by atoms with E-state index in [1.54, 1.807) is 7.05 Å². The molecule has 3 atom stereocenters. The van der Waals surface area contributed by atoms with Crippen molar-refractivity contribution in [3.8, 4) is 0 Å². The second-order valence-corrected chi connectivity index (χ2v) is 5.40. The number of hydrogen-bond donors (Lipinski definition) is 2. The van der Waals surface area contributed by atoms with Gasteiger partial charge in [0.1, 0.15) is 6.04 Å². The van der Waals surface area contributed by atoms with Crippen molar-refractivity contribution in [3.05, 3.63) is 0 Å². The molecule has 0 bridgehead atoms. The normalized spacial score (nSPS) is 31.1. The van der Waals surface area contributed by atoms with Gasteiger partial charge in [0.05, 0.1) is 0 Å². The van der Waals surface area contributed by atoms with Gasteiger partial charge in [-0.05, 0) is 45.2 Å². The highest BCUT2D eigenvalue weighted by Crippen LogP contribution is 2.36. The lowest BCUT2D eigenvalue weighted by molar-refractivity contribution is -0.139. The number of aliphatic carboxylic acids is 1. The van der Waals surface area contributed by atoms with Crippen LogP contribution in [0.3, 0.4) is 0 Å². The molecule has 0 amide bonds. The molecule has 1 aliphatic heterocycles. The monoisotopic (exact) mass is 240 g/mol. The number of nitrogens with one attached hydrogen (secondary N) is 1. The molecule has 1 saturated heterocycles. The van der Waals surface area contributed by atoms with E-state index in [0.717, 1.165) is 24.9 Å². The fourth-order valence-corrected chi connectivity index (χ4v) is 3.47. The van der Waals surface area contributed by atoms with Crippen LogP contribution in [0.2, 0.25) is 0 Å². The van der Waals surface area contributed by atoms with Gasteiger partial charge in [-0.2, -0.15) is 0 Å². The van der Waals surface area contributed by atoms with E-state index in [-0.39, 0.29) is 0 Å². The summed E-state index contributed by atoms with van der Waals surface area (Å²) in [6.45, 7) is 2.10. The SMILES string of the molecule is CNC(CCN1CCC2CCCCC21)C(=O)O. The van der Waals surface area contributed by atoms with Gasteiger partial charge in [-0.25, -0.2) is 0 Å². The van der Waals surface area contributed by atoms with Crippen molar-refractivity contribution < 1.29 is 9.90 Å². The van der Waals surface area contributed by atoms with E-state index in [1.165, 1.54) is 38.6 Å².